The van der Waals surface area contributed by atoms with Gasteiger partial charge in [0.1, 0.15) is 18.2 Å². The van der Waals surface area contributed by atoms with E-state index in [1.165, 1.54) is 25.7 Å². The molecule has 190 valence electrons. The number of imidazole rings is 1. The van der Waals surface area contributed by atoms with Crippen LogP contribution in [0.25, 0.3) is 11.0 Å². The molecule has 1 fully saturated rings. The van der Waals surface area contributed by atoms with Crippen LogP contribution in [0.4, 0.5) is 13.2 Å². The third-order valence-electron chi connectivity index (χ3n) is 5.57. The van der Waals surface area contributed by atoms with E-state index in [2.05, 4.69) is 22.0 Å². The number of aryl methyl sites for hydroxylation is 1. The number of hydrogen-bond donors (Lipinski definition) is 2. The molecule has 4 rings (SSSR count). The molecule has 0 bridgehead atoms. The maximum Gasteiger partial charge on any atom is 0.490 e. The van der Waals surface area contributed by atoms with Crippen molar-refractivity contribution >= 4 is 40.2 Å². The summed E-state index contributed by atoms with van der Waals surface area (Å²) in [7, 11) is 0. The number of nitrogens with one attached hydrogen (secondary N) is 1. The molecule has 2 N–H and O–H groups in total. The first-order valence-corrected chi connectivity index (χ1v) is 12.0. The maximum atomic E-state index is 10.6. The fourth-order valence-corrected chi connectivity index (χ4v) is 4.35. The molecular formula is C24H26Cl2F3N3O3. The number of nitrogens with zero attached hydrogens (tertiary/aromatic N) is 2. The van der Waals surface area contributed by atoms with Gasteiger partial charge in [-0.05, 0) is 62.6 Å². The van der Waals surface area contributed by atoms with Crippen LogP contribution < -0.4 is 10.1 Å². The lowest BCUT2D eigenvalue weighted by Crippen LogP contribution is -2.34. The number of alkyl halides is 3. The summed E-state index contributed by atoms with van der Waals surface area (Å²) in [5.41, 5.74) is 2.15. The molecule has 1 saturated heterocycles. The van der Waals surface area contributed by atoms with Gasteiger partial charge in [-0.2, -0.15) is 13.2 Å². The summed E-state index contributed by atoms with van der Waals surface area (Å²) in [6.07, 6.45) is 1.16. The topological polar surface area (TPSA) is 76.4 Å². The van der Waals surface area contributed by atoms with Crippen LogP contribution in [0.15, 0.2) is 42.5 Å². The Balaban J connectivity index is 0.000000429. The number of carbonyl (C=O) groups is 1. The highest BCUT2D eigenvalue weighted by atomic mass is 35.5. The molecule has 0 aliphatic carbocycles. The summed E-state index contributed by atoms with van der Waals surface area (Å²) < 4.78 is 40.0. The summed E-state index contributed by atoms with van der Waals surface area (Å²) in [6, 6.07) is 14.2. The fourth-order valence-electron chi connectivity index (χ4n) is 3.89. The molecule has 2 aromatic carbocycles. The van der Waals surface area contributed by atoms with Crippen molar-refractivity contribution in [2.45, 2.75) is 57.5 Å². The summed E-state index contributed by atoms with van der Waals surface area (Å²) in [4.78, 5) is 13.7. The van der Waals surface area contributed by atoms with Crippen molar-refractivity contribution < 1.29 is 27.8 Å². The first-order valence-electron chi connectivity index (χ1n) is 11.2. The molecule has 1 aromatic heterocycles. The minimum absolute atomic E-state index is 0.373. The van der Waals surface area contributed by atoms with Crippen LogP contribution in [0.5, 0.6) is 5.75 Å². The van der Waals surface area contributed by atoms with Crippen molar-refractivity contribution in [3.05, 3.63) is 58.3 Å². The van der Waals surface area contributed by atoms with E-state index in [-0.39, 0.29) is 0 Å². The monoisotopic (exact) mass is 531 g/mol. The second-order valence-corrected chi connectivity index (χ2v) is 8.97. The van der Waals surface area contributed by atoms with Gasteiger partial charge in [0.15, 0.2) is 0 Å². The molecule has 0 radical (unpaired) electrons. The van der Waals surface area contributed by atoms with Crippen LogP contribution in [0.1, 0.15) is 37.9 Å². The average Bonchev–Trinajstić information content (AvgIpc) is 3.16. The Morgan fingerprint density at radius 2 is 1.94 bits per heavy atom. The van der Waals surface area contributed by atoms with Crippen molar-refractivity contribution in [3.63, 3.8) is 0 Å². The molecule has 1 atom stereocenters. The Labute approximate surface area is 211 Å². The van der Waals surface area contributed by atoms with Gasteiger partial charge in [-0.15, -0.1) is 0 Å². The number of aliphatic carboxylic acids is 1. The van der Waals surface area contributed by atoms with Gasteiger partial charge in [0, 0.05) is 17.6 Å². The lowest BCUT2D eigenvalue weighted by molar-refractivity contribution is -0.192. The lowest BCUT2D eigenvalue weighted by atomic mass is 10.0. The Morgan fingerprint density at radius 1 is 1.20 bits per heavy atom. The summed E-state index contributed by atoms with van der Waals surface area (Å²) in [5.74, 6) is -1.22. The highest BCUT2D eigenvalue weighted by molar-refractivity contribution is 6.35. The molecule has 1 unspecified atom stereocenters. The molecule has 2 heterocycles. The molecule has 6 nitrogen and oxygen atoms in total. The minimum Gasteiger partial charge on any atom is -0.484 e. The first kappa shape index (κ1) is 27.1. The predicted octanol–water partition coefficient (Wildman–Crippen LogP) is 6.48. The molecule has 0 saturated carbocycles. The van der Waals surface area contributed by atoms with E-state index in [9.17, 15) is 13.2 Å². The number of fused-ring (bicyclic) bond motifs is 1. The largest absolute Gasteiger partial charge is 0.490 e. The van der Waals surface area contributed by atoms with Crippen molar-refractivity contribution in [3.8, 4) is 5.75 Å². The number of carboxylic acids is 1. The molecule has 11 heteroatoms. The number of aromatic nitrogens is 2. The smallest absolute Gasteiger partial charge is 0.484 e. The number of benzene rings is 2. The molecular weight excluding hydrogens is 506 g/mol. The van der Waals surface area contributed by atoms with Gasteiger partial charge < -0.3 is 19.7 Å². The summed E-state index contributed by atoms with van der Waals surface area (Å²) in [5, 5.41) is 11.9. The fraction of sp³-hybridized carbons (Fsp3) is 0.417. The van der Waals surface area contributed by atoms with E-state index in [1.54, 1.807) is 18.2 Å². The van der Waals surface area contributed by atoms with Crippen molar-refractivity contribution in [2.75, 3.05) is 6.54 Å². The second-order valence-electron chi connectivity index (χ2n) is 8.12. The zero-order valence-electron chi connectivity index (χ0n) is 18.8. The number of carboxylic acid groups (broad SMARTS) is 1. The number of hydrogen-bond acceptors (Lipinski definition) is 4. The van der Waals surface area contributed by atoms with Gasteiger partial charge in [0.25, 0.3) is 0 Å². The van der Waals surface area contributed by atoms with Crippen molar-refractivity contribution in [2.24, 2.45) is 0 Å². The van der Waals surface area contributed by atoms with Crippen molar-refractivity contribution in [1.82, 2.24) is 14.9 Å². The zero-order chi connectivity index (χ0) is 25.4. The van der Waals surface area contributed by atoms with Crippen molar-refractivity contribution in [1.29, 1.82) is 0 Å². The average molecular weight is 532 g/mol. The maximum absolute atomic E-state index is 10.6. The third-order valence-corrected chi connectivity index (χ3v) is 6.10. The molecule has 1 aliphatic rings. The van der Waals surface area contributed by atoms with Gasteiger partial charge in [-0.1, -0.05) is 41.8 Å². The SMILES string of the molecule is Clc1ccc(OCc2nc3ccccc3n2CCCC2CCCCN2)c(Cl)c1.O=C(O)C(F)(F)F. The molecule has 1 aliphatic heterocycles. The highest BCUT2D eigenvalue weighted by Crippen LogP contribution is 2.28. The van der Waals surface area contributed by atoms with Crippen LogP contribution >= 0.6 is 23.2 Å². The van der Waals surface area contributed by atoms with E-state index < -0.39 is 12.1 Å². The molecule has 0 spiro atoms. The Morgan fingerprint density at radius 3 is 2.60 bits per heavy atom. The second kappa shape index (κ2) is 12.5. The van der Waals surface area contributed by atoms with Gasteiger partial charge >= 0.3 is 12.1 Å². The Bertz CT molecular complexity index is 1130. The standard InChI is InChI=1S/C22H25Cl2N3O.C2HF3O2/c23-16-10-11-21(18(24)14-16)28-15-22-26-19-8-1-2-9-20(19)27(22)13-5-7-17-6-3-4-12-25-17;3-2(4,5)1(6)7/h1-2,8-11,14,17,25H,3-7,12-13,15H2;(H,6,7). The summed E-state index contributed by atoms with van der Waals surface area (Å²) >= 11 is 12.2. The number of piperidine rings is 1. The molecule has 3 aromatic rings. The molecule has 35 heavy (non-hydrogen) atoms. The first-order chi connectivity index (χ1) is 16.6. The van der Waals surface area contributed by atoms with Gasteiger partial charge in [0.05, 0.1) is 16.1 Å². The highest BCUT2D eigenvalue weighted by Gasteiger charge is 2.38. The zero-order valence-corrected chi connectivity index (χ0v) is 20.3. The number of ether oxygens (including phenoxy) is 1. The lowest BCUT2D eigenvalue weighted by Gasteiger charge is -2.23. The van der Waals surface area contributed by atoms with Gasteiger partial charge in [0.2, 0.25) is 0 Å². The van der Waals surface area contributed by atoms with Crippen LogP contribution in [0, 0.1) is 0 Å². The van der Waals surface area contributed by atoms with Crippen LogP contribution in [0.3, 0.4) is 0 Å². The predicted molar refractivity (Wildman–Crippen MR) is 129 cm³/mol. The number of rotatable bonds is 7. The normalized spacial score (nSPS) is 16.0. The van der Waals surface area contributed by atoms with Crippen LogP contribution in [0.2, 0.25) is 10.0 Å². The van der Waals surface area contributed by atoms with E-state index >= 15 is 0 Å². The quantitative estimate of drug-likeness (QED) is 0.365. The van der Waals surface area contributed by atoms with Gasteiger partial charge in [-0.3, -0.25) is 0 Å². The molecule has 0 amide bonds. The van der Waals surface area contributed by atoms with E-state index in [4.69, 9.17) is 42.8 Å². The minimum atomic E-state index is -5.08. The number of halogens is 5. The number of para-hydroxylation sites is 2. The van der Waals surface area contributed by atoms with Crippen LogP contribution in [-0.4, -0.2) is 39.4 Å². The van der Waals surface area contributed by atoms with E-state index in [0.717, 1.165) is 36.4 Å². The van der Waals surface area contributed by atoms with E-state index in [0.29, 0.717) is 28.4 Å². The van der Waals surface area contributed by atoms with E-state index in [1.807, 2.05) is 12.1 Å². The summed E-state index contributed by atoms with van der Waals surface area (Å²) in [6.45, 7) is 2.46. The van der Waals surface area contributed by atoms with Gasteiger partial charge in [-0.25, -0.2) is 9.78 Å². The Hall–Kier alpha value is -2.49. The van der Waals surface area contributed by atoms with Crippen LogP contribution in [-0.2, 0) is 17.9 Å². The Kier molecular flexibility index (Phi) is 9.65. The third kappa shape index (κ3) is 8.02.